The number of nitrogens with zero attached hydrogens (tertiary/aromatic N) is 5. The number of carbonyl (C=O) groups is 3. The normalized spacial score (nSPS) is 22.2. The second kappa shape index (κ2) is 19.3. The molecule has 1 atom stereocenters. The highest BCUT2D eigenvalue weighted by atomic mass is 19.1. The third kappa shape index (κ3) is 8.85. The van der Waals surface area contributed by atoms with Gasteiger partial charge < -0.3 is 39.7 Å². The molecule has 3 saturated heterocycles. The summed E-state index contributed by atoms with van der Waals surface area (Å²) in [6.07, 6.45) is 10.6. The van der Waals surface area contributed by atoms with Crippen LogP contribution < -0.4 is 25.2 Å². The molecule has 4 aliphatic rings. The van der Waals surface area contributed by atoms with E-state index in [-0.39, 0.29) is 29.7 Å². The lowest BCUT2D eigenvalue weighted by atomic mass is 9.64. The number of nitrogens with one attached hydrogen (secondary N) is 2. The predicted molar refractivity (Wildman–Crippen MR) is 242 cm³/mol. The van der Waals surface area contributed by atoms with Gasteiger partial charge in [0.25, 0.3) is 0 Å². The van der Waals surface area contributed by atoms with E-state index in [1.807, 2.05) is 26.0 Å². The lowest BCUT2D eigenvalue weighted by Gasteiger charge is -2.56. The quantitative estimate of drug-likeness (QED) is 0.0592. The Morgan fingerprint density at radius 3 is 2.17 bits per heavy atom. The van der Waals surface area contributed by atoms with E-state index < -0.39 is 23.0 Å². The van der Waals surface area contributed by atoms with Crippen molar-refractivity contribution in [2.24, 2.45) is 17.3 Å². The fourth-order valence-corrected chi connectivity index (χ4v) is 11.1. The van der Waals surface area contributed by atoms with Crippen LogP contribution in [0.5, 0.6) is 11.5 Å². The number of phenolic OH excluding ortho intramolecular Hbond substituents is 1. The maximum absolute atomic E-state index is 16.3. The van der Waals surface area contributed by atoms with Crippen LogP contribution in [-0.2, 0) is 14.4 Å². The van der Waals surface area contributed by atoms with Crippen LogP contribution in [0.1, 0.15) is 89.3 Å². The topological polar surface area (TPSA) is 123 Å². The molecule has 1 saturated carbocycles. The van der Waals surface area contributed by atoms with Gasteiger partial charge in [-0.3, -0.25) is 19.3 Å². The Labute approximate surface area is 369 Å². The number of halogens is 2. The van der Waals surface area contributed by atoms with Gasteiger partial charge in [-0.25, -0.2) is 8.78 Å². The first-order valence-electron chi connectivity index (χ1n) is 23.0. The fraction of sp³-hybridized carbons (Fsp3) is 0.531. The summed E-state index contributed by atoms with van der Waals surface area (Å²) in [5.74, 6) is -0.429. The highest BCUT2D eigenvalue weighted by Crippen LogP contribution is 2.59. The summed E-state index contributed by atoms with van der Waals surface area (Å²) < 4.78 is 39.0. The molecule has 1 unspecified atom stereocenters. The summed E-state index contributed by atoms with van der Waals surface area (Å²) in [4.78, 5) is 45.4. The van der Waals surface area contributed by atoms with E-state index in [1.54, 1.807) is 13.2 Å². The summed E-state index contributed by atoms with van der Waals surface area (Å²) in [5.41, 5.74) is 2.18. The molecule has 338 valence electrons. The van der Waals surface area contributed by atoms with Crippen LogP contribution in [0, 0.1) is 28.9 Å². The molecule has 4 aromatic rings. The van der Waals surface area contributed by atoms with Crippen LogP contribution in [0.25, 0.3) is 10.9 Å². The van der Waals surface area contributed by atoms with Crippen LogP contribution >= 0.6 is 0 Å². The number of hydrogen-bond acceptors (Lipinski definition) is 8. The van der Waals surface area contributed by atoms with Crippen molar-refractivity contribution in [3.8, 4) is 11.5 Å². The maximum Gasteiger partial charge on any atom is 0.236 e. The number of amides is 3. The smallest absolute Gasteiger partial charge is 0.236 e. The Kier molecular flexibility index (Phi) is 13.6. The van der Waals surface area contributed by atoms with Gasteiger partial charge in [-0.05, 0) is 99.6 Å². The monoisotopic (exact) mass is 867 g/mol. The van der Waals surface area contributed by atoms with Gasteiger partial charge in [-0.2, -0.15) is 0 Å². The number of anilines is 3. The summed E-state index contributed by atoms with van der Waals surface area (Å²) in [7, 11) is 1.55. The predicted octanol–water partition coefficient (Wildman–Crippen LogP) is 7.87. The van der Waals surface area contributed by atoms with Crippen molar-refractivity contribution in [1.82, 2.24) is 19.7 Å². The minimum Gasteiger partial charge on any atom is -0.503 e. The number of benzene rings is 3. The van der Waals surface area contributed by atoms with Crippen molar-refractivity contribution in [2.75, 3.05) is 81.1 Å². The largest absolute Gasteiger partial charge is 0.503 e. The molecule has 3 amide bonds. The fourth-order valence-electron chi connectivity index (χ4n) is 11.1. The third-order valence-electron chi connectivity index (χ3n) is 14.8. The standard InChI is InChI=1S/C49H63F2N7O5/c1-4-49(5-2)47(58(48(49)62)42-11-6-8-38(50)46(42)61)37-28-39(51)43(29-44(37)63-3)56-21-17-34(18-22-56)31-55-26-24-54(25-27-55)30-33-12-14-35(15-13-33)57-23-19-36-40(9-7-10-41(36)57)53-45(60)16-20-52-32-59/h6-11,19,23,28-29,32-35,47,61H,4-5,12-18,20-22,24-27,30-31H2,1-3H3,(H,52,59)(H,53,60). The van der Waals surface area contributed by atoms with Gasteiger partial charge in [-0.1, -0.05) is 26.0 Å². The summed E-state index contributed by atoms with van der Waals surface area (Å²) in [6.45, 7) is 12.2. The molecule has 63 heavy (non-hydrogen) atoms. The molecule has 0 bridgehead atoms. The van der Waals surface area contributed by atoms with Crippen LogP contribution in [0.2, 0.25) is 0 Å². The molecule has 8 rings (SSSR count). The van der Waals surface area contributed by atoms with Crippen molar-refractivity contribution in [2.45, 2.75) is 83.7 Å². The summed E-state index contributed by atoms with van der Waals surface area (Å²) >= 11 is 0. The molecule has 4 heterocycles. The van der Waals surface area contributed by atoms with Gasteiger partial charge in [0.05, 0.1) is 41.1 Å². The Bertz CT molecular complexity index is 2260. The number of methoxy groups -OCH3 is 1. The van der Waals surface area contributed by atoms with Gasteiger partial charge in [0, 0.05) is 94.6 Å². The number of aromatic nitrogens is 1. The molecular formula is C49H63F2N7O5. The number of piperidine rings is 1. The molecule has 12 nitrogen and oxygen atoms in total. The second-order valence-electron chi connectivity index (χ2n) is 18.1. The minimum atomic E-state index is -0.836. The molecule has 3 aliphatic heterocycles. The molecule has 1 aliphatic carbocycles. The Morgan fingerprint density at radius 2 is 1.52 bits per heavy atom. The average molecular weight is 868 g/mol. The van der Waals surface area contributed by atoms with Crippen LogP contribution in [0.4, 0.5) is 25.8 Å². The molecule has 0 radical (unpaired) electrons. The molecule has 1 aromatic heterocycles. The molecular weight excluding hydrogens is 805 g/mol. The third-order valence-corrected chi connectivity index (χ3v) is 14.8. The zero-order chi connectivity index (χ0) is 44.3. The first-order valence-corrected chi connectivity index (χ1v) is 23.0. The van der Waals surface area contributed by atoms with Gasteiger partial charge in [0.15, 0.2) is 11.6 Å². The Balaban J connectivity index is 0.806. The van der Waals surface area contributed by atoms with E-state index in [4.69, 9.17) is 4.74 Å². The highest BCUT2D eigenvalue weighted by molar-refractivity contribution is 6.07. The number of piperazine rings is 1. The average Bonchev–Trinajstić information content (AvgIpc) is 3.74. The molecule has 0 spiro atoms. The van der Waals surface area contributed by atoms with Gasteiger partial charge in [0.2, 0.25) is 18.2 Å². The number of para-hydroxylation sites is 1. The number of phenols is 1. The van der Waals surface area contributed by atoms with Crippen molar-refractivity contribution in [3.63, 3.8) is 0 Å². The van der Waals surface area contributed by atoms with Crippen molar-refractivity contribution in [3.05, 3.63) is 78.0 Å². The number of aromatic hydroxyl groups is 1. The number of hydrogen-bond donors (Lipinski definition) is 3. The Hall–Kier alpha value is -5.21. The number of carbonyl (C=O) groups excluding carboxylic acids is 3. The summed E-state index contributed by atoms with van der Waals surface area (Å²) in [5, 5.41) is 17.2. The molecule has 14 heteroatoms. The van der Waals surface area contributed by atoms with Crippen LogP contribution in [-0.4, -0.2) is 104 Å². The van der Waals surface area contributed by atoms with Gasteiger partial charge >= 0.3 is 0 Å². The highest BCUT2D eigenvalue weighted by Gasteiger charge is 2.60. The zero-order valence-corrected chi connectivity index (χ0v) is 37.0. The maximum atomic E-state index is 16.3. The van der Waals surface area contributed by atoms with Crippen LogP contribution in [0.3, 0.4) is 0 Å². The number of β-lactam (4-membered cyclic amide) rings is 1. The lowest BCUT2D eigenvalue weighted by molar-refractivity contribution is -0.141. The van der Waals surface area contributed by atoms with Gasteiger partial charge in [-0.15, -0.1) is 0 Å². The van der Waals surface area contributed by atoms with E-state index in [0.29, 0.717) is 60.7 Å². The first-order chi connectivity index (χ1) is 30.6. The summed E-state index contributed by atoms with van der Waals surface area (Å²) in [6, 6.07) is 15.3. The van der Waals surface area contributed by atoms with E-state index in [2.05, 4.69) is 48.2 Å². The molecule has 3 N–H and O–H groups in total. The zero-order valence-electron chi connectivity index (χ0n) is 37.0. The minimum absolute atomic E-state index is 0.0724. The second-order valence-corrected chi connectivity index (χ2v) is 18.1. The van der Waals surface area contributed by atoms with Crippen molar-refractivity contribution in [1.29, 1.82) is 0 Å². The van der Waals surface area contributed by atoms with E-state index in [9.17, 15) is 23.9 Å². The molecule has 4 fully saturated rings. The first kappa shape index (κ1) is 44.4. The van der Waals surface area contributed by atoms with Gasteiger partial charge in [0.1, 0.15) is 11.6 Å². The SMILES string of the molecule is CCC1(CC)C(=O)N(c2cccc(F)c2O)C1c1cc(F)c(N2CCC(CN3CCN(CC4CCC(n5ccc6c(NC(=O)CCNC=O)cccc65)CC4)CC3)CC2)cc1OC. The number of ether oxygens (including phenoxy) is 1. The number of fused-ring (bicyclic) bond motifs is 1. The Morgan fingerprint density at radius 1 is 0.857 bits per heavy atom. The van der Waals surface area contributed by atoms with E-state index >= 15 is 4.39 Å². The van der Waals surface area contributed by atoms with Crippen molar-refractivity contribution < 1.29 is 33.0 Å². The molecule has 3 aromatic carbocycles. The van der Waals surface area contributed by atoms with E-state index in [1.165, 1.54) is 35.9 Å². The number of rotatable bonds is 16. The van der Waals surface area contributed by atoms with Crippen molar-refractivity contribution >= 4 is 46.2 Å². The van der Waals surface area contributed by atoms with Crippen LogP contribution in [0.15, 0.2) is 60.8 Å². The lowest BCUT2D eigenvalue weighted by Crippen LogP contribution is -2.63. The van der Waals surface area contributed by atoms with E-state index in [0.717, 1.165) is 101 Å².